The number of hydrogen-bond donors (Lipinski definition) is 2. The van der Waals surface area contributed by atoms with Crippen LogP contribution in [0.3, 0.4) is 0 Å². The predicted molar refractivity (Wildman–Crippen MR) is 116 cm³/mol. The quantitative estimate of drug-likeness (QED) is 0.622. The van der Waals surface area contributed by atoms with Gasteiger partial charge in [-0.1, -0.05) is 6.07 Å². The number of nitrogens with one attached hydrogen (secondary N) is 1. The third kappa shape index (κ3) is 3.70. The van der Waals surface area contributed by atoms with E-state index in [4.69, 9.17) is 4.74 Å². The first kappa shape index (κ1) is 20.5. The number of fused-ring (bicyclic) bond motifs is 2. The third-order valence-corrected chi connectivity index (χ3v) is 6.32. The summed E-state index contributed by atoms with van der Waals surface area (Å²) in [5.41, 5.74) is 1.66. The lowest BCUT2D eigenvalue weighted by molar-refractivity contribution is 0.176. The maximum Gasteiger partial charge on any atom is 0.319 e. The summed E-state index contributed by atoms with van der Waals surface area (Å²) >= 11 is 0. The average Bonchev–Trinajstić information content (AvgIpc) is 3.24. The number of aromatic hydroxyl groups is 1. The Bertz CT molecular complexity index is 1110. The van der Waals surface area contributed by atoms with Crippen LogP contribution >= 0.6 is 0 Å². The van der Waals surface area contributed by atoms with Gasteiger partial charge in [-0.3, -0.25) is 4.98 Å². The minimum Gasteiger partial charge on any atom is -0.507 e. The summed E-state index contributed by atoms with van der Waals surface area (Å²) in [6.07, 6.45) is 6.28. The lowest BCUT2D eigenvalue weighted by atomic mass is 9.96. The molecule has 166 valence electrons. The maximum absolute atomic E-state index is 14.9. The van der Waals surface area contributed by atoms with Crippen molar-refractivity contribution in [3.05, 3.63) is 36.9 Å². The molecular weight excluding hydrogens is 413 g/mol. The van der Waals surface area contributed by atoms with Crippen LogP contribution in [0.4, 0.5) is 10.2 Å². The molecule has 0 spiro atoms. The topological polar surface area (TPSA) is 109 Å². The molecule has 0 aliphatic carbocycles. The first-order valence-electron chi connectivity index (χ1n) is 10.6. The number of hydrogen-bond acceptors (Lipinski definition) is 9. The SMILES string of the molecule is COc1ncnc(-c2ccc(-c3cnc(N(C)[C@@H]4CC5CCC(N5)[C@@H]4F)cn3)c(O)c2)n1. The second-order valence-electron chi connectivity index (χ2n) is 8.19. The zero-order valence-electron chi connectivity index (χ0n) is 17.8. The molecule has 2 aromatic heterocycles. The van der Waals surface area contributed by atoms with E-state index in [9.17, 15) is 9.50 Å². The van der Waals surface area contributed by atoms with Gasteiger partial charge in [0.2, 0.25) is 0 Å². The number of ether oxygens (including phenoxy) is 1. The second-order valence-corrected chi connectivity index (χ2v) is 8.19. The van der Waals surface area contributed by atoms with Crippen molar-refractivity contribution in [2.45, 2.75) is 43.6 Å². The lowest BCUT2D eigenvalue weighted by Gasteiger charge is -2.38. The number of aromatic nitrogens is 5. The van der Waals surface area contributed by atoms with Crippen molar-refractivity contribution in [1.82, 2.24) is 30.2 Å². The molecule has 0 radical (unpaired) electrons. The monoisotopic (exact) mass is 437 g/mol. The largest absolute Gasteiger partial charge is 0.507 e. The molecule has 4 heterocycles. The van der Waals surface area contributed by atoms with Crippen LogP contribution in [0.1, 0.15) is 19.3 Å². The number of halogens is 1. The van der Waals surface area contributed by atoms with Crippen molar-refractivity contribution in [3.8, 4) is 34.4 Å². The number of piperidine rings is 1. The third-order valence-electron chi connectivity index (χ3n) is 6.32. The Morgan fingerprint density at radius 2 is 2.03 bits per heavy atom. The highest BCUT2D eigenvalue weighted by molar-refractivity contribution is 5.71. The van der Waals surface area contributed by atoms with Crippen molar-refractivity contribution in [1.29, 1.82) is 0 Å². The molecule has 2 N–H and O–H groups in total. The molecule has 2 unspecified atom stereocenters. The van der Waals surface area contributed by atoms with Crippen molar-refractivity contribution < 1.29 is 14.2 Å². The first-order chi connectivity index (χ1) is 15.5. The minimum atomic E-state index is -0.939. The van der Waals surface area contributed by atoms with Gasteiger partial charge in [-0.05, 0) is 31.4 Å². The highest BCUT2D eigenvalue weighted by Crippen LogP contribution is 2.34. The molecular formula is C22H24FN7O2. The van der Waals surface area contributed by atoms with Crippen LogP contribution in [0.5, 0.6) is 11.8 Å². The van der Waals surface area contributed by atoms with E-state index in [1.54, 1.807) is 30.6 Å². The van der Waals surface area contributed by atoms with E-state index in [-0.39, 0.29) is 23.8 Å². The summed E-state index contributed by atoms with van der Waals surface area (Å²) in [6, 6.07) is 5.34. The summed E-state index contributed by atoms with van der Waals surface area (Å²) in [4.78, 5) is 23.0. The van der Waals surface area contributed by atoms with Gasteiger partial charge in [-0.15, -0.1) is 0 Å². The van der Waals surface area contributed by atoms with Crippen molar-refractivity contribution >= 4 is 5.82 Å². The van der Waals surface area contributed by atoms with Gasteiger partial charge in [0.1, 0.15) is 24.1 Å². The van der Waals surface area contributed by atoms with Gasteiger partial charge < -0.3 is 20.1 Å². The number of phenolic OH excluding ortho intramolecular Hbond substituents is 1. The molecule has 2 fully saturated rings. The summed E-state index contributed by atoms with van der Waals surface area (Å²) in [5.74, 6) is 1.02. The van der Waals surface area contributed by atoms with Crippen LogP contribution in [-0.2, 0) is 0 Å². The Kier molecular flexibility index (Phi) is 5.30. The van der Waals surface area contributed by atoms with Crippen molar-refractivity contribution in [3.63, 3.8) is 0 Å². The van der Waals surface area contributed by atoms with Crippen LogP contribution in [0.15, 0.2) is 36.9 Å². The predicted octanol–water partition coefficient (Wildman–Crippen LogP) is 2.38. The van der Waals surface area contributed by atoms with Crippen LogP contribution in [0.2, 0.25) is 0 Å². The first-order valence-corrected chi connectivity index (χ1v) is 10.6. The molecule has 9 nitrogen and oxygen atoms in total. The number of alkyl halides is 1. The maximum atomic E-state index is 14.9. The minimum absolute atomic E-state index is 0.0241. The van der Waals surface area contributed by atoms with Gasteiger partial charge in [0.05, 0.1) is 31.2 Å². The molecule has 2 saturated heterocycles. The highest BCUT2D eigenvalue weighted by Gasteiger charge is 2.43. The van der Waals surface area contributed by atoms with Gasteiger partial charge in [-0.25, -0.2) is 14.4 Å². The lowest BCUT2D eigenvalue weighted by Crippen LogP contribution is -2.55. The fourth-order valence-electron chi connectivity index (χ4n) is 4.57. The molecule has 2 aliphatic heterocycles. The number of rotatable bonds is 5. The summed E-state index contributed by atoms with van der Waals surface area (Å²) in [6.45, 7) is 0. The Balaban J connectivity index is 1.35. The van der Waals surface area contributed by atoms with E-state index in [0.717, 1.165) is 19.3 Å². The molecule has 4 atom stereocenters. The van der Waals surface area contributed by atoms with Crippen LogP contribution in [0.25, 0.3) is 22.6 Å². The Labute approximate surface area is 184 Å². The molecule has 0 saturated carbocycles. The van der Waals surface area contributed by atoms with E-state index >= 15 is 0 Å². The van der Waals surface area contributed by atoms with Gasteiger partial charge in [0.25, 0.3) is 0 Å². The fourth-order valence-corrected chi connectivity index (χ4v) is 4.57. The normalized spacial score (nSPS) is 24.3. The van der Waals surface area contributed by atoms with Gasteiger partial charge in [0.15, 0.2) is 5.82 Å². The van der Waals surface area contributed by atoms with Gasteiger partial charge in [0, 0.05) is 30.3 Å². The Hall–Kier alpha value is -3.40. The van der Waals surface area contributed by atoms with E-state index < -0.39 is 6.17 Å². The Morgan fingerprint density at radius 3 is 2.78 bits per heavy atom. The van der Waals surface area contributed by atoms with Crippen LogP contribution in [0, 0.1) is 0 Å². The number of benzene rings is 1. The van der Waals surface area contributed by atoms with E-state index in [2.05, 4.69) is 30.2 Å². The number of phenols is 1. The smallest absolute Gasteiger partial charge is 0.319 e. The van der Waals surface area contributed by atoms with Crippen LogP contribution in [-0.4, -0.2) is 68.5 Å². The summed E-state index contributed by atoms with van der Waals surface area (Å²) < 4.78 is 19.9. The second kappa shape index (κ2) is 8.27. The van der Waals surface area contributed by atoms with E-state index in [1.807, 2.05) is 11.9 Å². The number of methoxy groups -OCH3 is 1. The molecule has 2 bridgehead atoms. The zero-order chi connectivity index (χ0) is 22.2. The molecule has 5 rings (SSSR count). The molecule has 32 heavy (non-hydrogen) atoms. The van der Waals surface area contributed by atoms with Gasteiger partial charge in [-0.2, -0.15) is 9.97 Å². The summed E-state index contributed by atoms with van der Waals surface area (Å²) in [5, 5.41) is 13.9. The molecule has 10 heteroatoms. The molecule has 3 aromatic rings. The van der Waals surface area contributed by atoms with E-state index in [1.165, 1.54) is 13.4 Å². The average molecular weight is 437 g/mol. The van der Waals surface area contributed by atoms with Crippen LogP contribution < -0.4 is 15.0 Å². The number of anilines is 1. The standard InChI is InChI=1S/C22H24FN7O2/c1-30(17-8-13-4-6-15(28-13)20(17)23)19-10-24-16(9-25-19)14-5-3-12(7-18(14)31)21-26-11-27-22(29-21)32-2/h3,5,7,9-11,13,15,17,20,28,31H,4,6,8H2,1-2H3/t13?,15?,17-,20+/m1/s1. The van der Waals surface area contributed by atoms with E-state index in [0.29, 0.717) is 34.5 Å². The van der Waals surface area contributed by atoms with Gasteiger partial charge >= 0.3 is 6.01 Å². The molecule has 0 amide bonds. The van der Waals surface area contributed by atoms with Crippen molar-refractivity contribution in [2.24, 2.45) is 0 Å². The zero-order valence-corrected chi connectivity index (χ0v) is 17.8. The van der Waals surface area contributed by atoms with Crippen molar-refractivity contribution in [2.75, 3.05) is 19.1 Å². The molecule has 1 aromatic carbocycles. The highest BCUT2D eigenvalue weighted by atomic mass is 19.1. The number of nitrogens with zero attached hydrogens (tertiary/aromatic N) is 6. The molecule has 2 aliphatic rings. The fraction of sp³-hybridized carbons (Fsp3) is 0.409. The Morgan fingerprint density at radius 1 is 1.16 bits per heavy atom. The summed E-state index contributed by atoms with van der Waals surface area (Å²) in [7, 11) is 3.34.